The molecule has 0 spiro atoms. The highest BCUT2D eigenvalue weighted by Crippen LogP contribution is 2.25. The normalized spacial score (nSPS) is 17.2. The lowest BCUT2D eigenvalue weighted by molar-refractivity contribution is 0.448. The number of aromatic nitrogens is 3. The molecular formula is C13H19N5. The van der Waals surface area contributed by atoms with Crippen LogP contribution in [0.5, 0.6) is 0 Å². The third-order valence-electron chi connectivity index (χ3n) is 3.53. The van der Waals surface area contributed by atoms with Gasteiger partial charge >= 0.3 is 0 Å². The van der Waals surface area contributed by atoms with E-state index in [2.05, 4.69) is 26.3 Å². The summed E-state index contributed by atoms with van der Waals surface area (Å²) >= 11 is 0. The van der Waals surface area contributed by atoms with E-state index in [0.29, 0.717) is 5.92 Å². The number of rotatable bonds is 2. The number of pyridine rings is 1. The van der Waals surface area contributed by atoms with Crippen LogP contribution >= 0.6 is 0 Å². The van der Waals surface area contributed by atoms with Gasteiger partial charge in [-0.1, -0.05) is 0 Å². The van der Waals surface area contributed by atoms with Crippen molar-refractivity contribution in [2.45, 2.75) is 18.8 Å². The third kappa shape index (κ3) is 2.06. The van der Waals surface area contributed by atoms with Gasteiger partial charge in [-0.05, 0) is 38.1 Å². The molecule has 18 heavy (non-hydrogen) atoms. The Morgan fingerprint density at radius 3 is 2.67 bits per heavy atom. The fourth-order valence-corrected chi connectivity index (χ4v) is 2.44. The zero-order valence-corrected chi connectivity index (χ0v) is 10.9. The molecule has 96 valence electrons. The van der Waals surface area contributed by atoms with E-state index in [1.807, 2.05) is 25.1 Å². The average molecular weight is 245 g/mol. The van der Waals surface area contributed by atoms with Gasteiger partial charge in [0.15, 0.2) is 5.65 Å². The van der Waals surface area contributed by atoms with Crippen LogP contribution in [0, 0.1) is 0 Å². The summed E-state index contributed by atoms with van der Waals surface area (Å²) in [4.78, 5) is 14.6. The molecule has 0 bridgehead atoms. The van der Waals surface area contributed by atoms with Crippen molar-refractivity contribution in [3.63, 3.8) is 0 Å². The highest BCUT2D eigenvalue weighted by atomic mass is 15.1. The second kappa shape index (κ2) is 4.57. The second-order valence-corrected chi connectivity index (χ2v) is 5.08. The monoisotopic (exact) mass is 245 g/mol. The number of hydrogen-bond donors (Lipinski definition) is 2. The molecule has 0 radical (unpaired) electrons. The predicted octanol–water partition coefficient (Wildman–Crippen LogP) is 1.49. The predicted molar refractivity (Wildman–Crippen MR) is 73.1 cm³/mol. The molecule has 1 aliphatic rings. The molecule has 0 aliphatic carbocycles. The second-order valence-electron chi connectivity index (χ2n) is 5.08. The summed E-state index contributed by atoms with van der Waals surface area (Å²) in [5, 5.41) is 3.38. The van der Waals surface area contributed by atoms with E-state index in [4.69, 9.17) is 0 Å². The average Bonchev–Trinajstić information content (AvgIpc) is 2.82. The lowest BCUT2D eigenvalue weighted by atomic mass is 9.98. The number of hydrogen-bond acceptors (Lipinski definition) is 4. The molecule has 0 amide bonds. The van der Waals surface area contributed by atoms with Gasteiger partial charge in [0.25, 0.3) is 0 Å². The smallest absolute Gasteiger partial charge is 0.179 e. The first-order chi connectivity index (χ1) is 8.74. The Hall–Kier alpha value is -1.62. The first-order valence-corrected chi connectivity index (χ1v) is 6.49. The number of imidazole rings is 1. The minimum absolute atomic E-state index is 0.545. The van der Waals surface area contributed by atoms with Gasteiger partial charge in [-0.3, -0.25) is 0 Å². The zero-order chi connectivity index (χ0) is 12.5. The van der Waals surface area contributed by atoms with E-state index in [0.717, 1.165) is 48.7 Å². The summed E-state index contributed by atoms with van der Waals surface area (Å²) in [6.07, 6.45) is 2.31. The molecule has 2 aromatic heterocycles. The van der Waals surface area contributed by atoms with E-state index < -0.39 is 0 Å². The number of nitrogens with one attached hydrogen (secondary N) is 2. The van der Waals surface area contributed by atoms with Crippen LogP contribution < -0.4 is 10.2 Å². The van der Waals surface area contributed by atoms with E-state index >= 15 is 0 Å². The molecule has 1 saturated heterocycles. The van der Waals surface area contributed by atoms with Crippen LogP contribution in [0.15, 0.2) is 12.1 Å². The molecule has 0 saturated carbocycles. The summed E-state index contributed by atoms with van der Waals surface area (Å²) in [6.45, 7) is 2.16. The quantitative estimate of drug-likeness (QED) is 0.841. The summed E-state index contributed by atoms with van der Waals surface area (Å²) in [5.74, 6) is 2.59. The summed E-state index contributed by atoms with van der Waals surface area (Å²) < 4.78 is 0. The molecule has 5 nitrogen and oxygen atoms in total. The Morgan fingerprint density at radius 2 is 1.94 bits per heavy atom. The van der Waals surface area contributed by atoms with Gasteiger partial charge in [0.05, 0.1) is 5.52 Å². The Labute approximate surface area is 107 Å². The van der Waals surface area contributed by atoms with Crippen molar-refractivity contribution in [3.05, 3.63) is 18.0 Å². The van der Waals surface area contributed by atoms with Crippen molar-refractivity contribution >= 4 is 17.0 Å². The van der Waals surface area contributed by atoms with Gasteiger partial charge in [-0.2, -0.15) is 0 Å². The molecule has 1 fully saturated rings. The summed E-state index contributed by atoms with van der Waals surface area (Å²) in [7, 11) is 3.99. The standard InChI is InChI=1S/C13H19N5/c1-18(2)11-4-3-10-13(16-11)17-12(15-10)9-5-7-14-8-6-9/h3-4,9,14H,5-8H2,1-2H3,(H,15,16,17). The van der Waals surface area contributed by atoms with E-state index in [1.165, 1.54) is 0 Å². The van der Waals surface area contributed by atoms with Gasteiger partial charge in [-0.25, -0.2) is 9.97 Å². The van der Waals surface area contributed by atoms with Gasteiger partial charge in [0.2, 0.25) is 0 Å². The van der Waals surface area contributed by atoms with Crippen molar-refractivity contribution in [1.29, 1.82) is 0 Å². The Morgan fingerprint density at radius 1 is 1.17 bits per heavy atom. The number of piperidine rings is 1. The molecule has 2 N–H and O–H groups in total. The van der Waals surface area contributed by atoms with Gasteiger partial charge in [-0.15, -0.1) is 0 Å². The van der Waals surface area contributed by atoms with Crippen LogP contribution in [-0.2, 0) is 0 Å². The maximum absolute atomic E-state index is 4.66. The maximum atomic E-state index is 4.66. The molecule has 3 rings (SSSR count). The largest absolute Gasteiger partial charge is 0.363 e. The summed E-state index contributed by atoms with van der Waals surface area (Å²) in [6, 6.07) is 4.09. The highest BCUT2D eigenvalue weighted by Gasteiger charge is 2.19. The Balaban J connectivity index is 1.94. The van der Waals surface area contributed by atoms with Crippen LogP contribution in [0.4, 0.5) is 5.82 Å². The van der Waals surface area contributed by atoms with E-state index in [9.17, 15) is 0 Å². The first-order valence-electron chi connectivity index (χ1n) is 6.49. The molecule has 5 heteroatoms. The zero-order valence-electron chi connectivity index (χ0n) is 10.9. The fourth-order valence-electron chi connectivity index (χ4n) is 2.44. The van der Waals surface area contributed by atoms with Gasteiger partial charge in [0, 0.05) is 20.0 Å². The van der Waals surface area contributed by atoms with E-state index in [-0.39, 0.29) is 0 Å². The van der Waals surface area contributed by atoms with E-state index in [1.54, 1.807) is 0 Å². The lowest BCUT2D eigenvalue weighted by Crippen LogP contribution is -2.27. The van der Waals surface area contributed by atoms with Crippen LogP contribution in [0.2, 0.25) is 0 Å². The van der Waals surface area contributed by atoms with Crippen LogP contribution in [0.1, 0.15) is 24.6 Å². The minimum Gasteiger partial charge on any atom is -0.363 e. The SMILES string of the molecule is CN(C)c1ccc2[nH]c(C3CCNCC3)nc2n1. The highest BCUT2D eigenvalue weighted by molar-refractivity contribution is 5.73. The van der Waals surface area contributed by atoms with Gasteiger partial charge < -0.3 is 15.2 Å². The molecule has 2 aromatic rings. The van der Waals surface area contributed by atoms with Crippen molar-refractivity contribution < 1.29 is 0 Å². The molecule has 0 atom stereocenters. The Bertz CT molecular complexity index is 539. The Kier molecular flexibility index (Phi) is 2.91. The number of nitrogens with zero attached hydrogens (tertiary/aromatic N) is 3. The first kappa shape index (κ1) is 11.5. The van der Waals surface area contributed by atoms with Crippen LogP contribution in [0.3, 0.4) is 0 Å². The molecule has 3 heterocycles. The molecular weight excluding hydrogens is 226 g/mol. The number of H-pyrrole nitrogens is 1. The third-order valence-corrected chi connectivity index (χ3v) is 3.53. The molecule has 1 aliphatic heterocycles. The minimum atomic E-state index is 0.545. The van der Waals surface area contributed by atoms with Crippen molar-refractivity contribution in [2.24, 2.45) is 0 Å². The summed E-state index contributed by atoms with van der Waals surface area (Å²) in [5.41, 5.74) is 1.86. The maximum Gasteiger partial charge on any atom is 0.179 e. The fraction of sp³-hybridized carbons (Fsp3) is 0.538. The van der Waals surface area contributed by atoms with Crippen molar-refractivity contribution in [3.8, 4) is 0 Å². The van der Waals surface area contributed by atoms with Gasteiger partial charge in [0.1, 0.15) is 11.6 Å². The lowest BCUT2D eigenvalue weighted by Gasteiger charge is -2.20. The van der Waals surface area contributed by atoms with Crippen molar-refractivity contribution in [1.82, 2.24) is 20.3 Å². The molecule has 0 aromatic carbocycles. The number of aromatic amines is 1. The topological polar surface area (TPSA) is 56.8 Å². The van der Waals surface area contributed by atoms with Crippen molar-refractivity contribution in [2.75, 3.05) is 32.1 Å². The number of anilines is 1. The van der Waals surface area contributed by atoms with Crippen LogP contribution in [0.25, 0.3) is 11.2 Å². The molecule has 0 unspecified atom stereocenters. The number of fused-ring (bicyclic) bond motifs is 1. The van der Waals surface area contributed by atoms with Crippen LogP contribution in [-0.4, -0.2) is 42.1 Å².